The van der Waals surface area contributed by atoms with Gasteiger partial charge in [0.05, 0.1) is 0 Å². The van der Waals surface area contributed by atoms with Crippen LogP contribution >= 0.6 is 0 Å². The Bertz CT molecular complexity index is 439. The highest BCUT2D eigenvalue weighted by molar-refractivity contribution is 6.87. The molecule has 0 fully saturated rings. The molecule has 9 heteroatoms. The van der Waals surface area contributed by atoms with E-state index in [1.165, 1.54) is 0 Å². The lowest BCUT2D eigenvalue weighted by molar-refractivity contribution is 0.0842. The minimum Gasteiger partial charge on any atom is -0.446 e. The first kappa shape index (κ1) is 27.8. The van der Waals surface area contributed by atoms with Crippen molar-refractivity contribution < 1.29 is 22.2 Å². The third kappa shape index (κ3) is 15.7. The molecule has 0 saturated carbocycles. The molecule has 0 aromatic heterocycles. The van der Waals surface area contributed by atoms with Gasteiger partial charge in [-0.3, -0.25) is 0 Å². The Hall–Kier alpha value is -0.229. The summed E-state index contributed by atoms with van der Waals surface area (Å²) in [5.41, 5.74) is 0. The number of hydrogen-bond acceptors (Lipinski definition) is 4. The number of ether oxygens (including phenoxy) is 1. The van der Waals surface area contributed by atoms with Crippen molar-refractivity contribution in [2.45, 2.75) is 110 Å². The third-order valence-corrected chi connectivity index (χ3v) is 13.5. The number of nitrogens with one attached hydrogen (secondary N) is 1. The van der Waals surface area contributed by atoms with Crippen molar-refractivity contribution >= 4 is 31.3 Å². The number of carbonyl (C=O) groups is 1. The van der Waals surface area contributed by atoms with Crippen LogP contribution in [0.1, 0.15) is 46.0 Å². The van der Waals surface area contributed by atoms with Crippen LogP contribution in [0.4, 0.5) is 9.18 Å². The highest BCUT2D eigenvalue weighted by atomic mass is 28.5. The Balaban J connectivity index is 4.35. The van der Waals surface area contributed by atoms with E-state index < -0.39 is 43.6 Å². The molecule has 0 aromatic rings. The number of hydrogen-bond donors (Lipinski definition) is 1. The van der Waals surface area contributed by atoms with Crippen LogP contribution in [0.5, 0.6) is 0 Å². The molecule has 0 heterocycles. The number of alkyl carbamates (subject to hydrolysis) is 1. The molecule has 1 N–H and O–H groups in total. The zero-order chi connectivity index (χ0) is 22.0. The molecule has 5 nitrogen and oxygen atoms in total. The van der Waals surface area contributed by atoms with Gasteiger partial charge in [-0.1, -0.05) is 19.8 Å². The van der Waals surface area contributed by atoms with Crippen molar-refractivity contribution in [3.8, 4) is 0 Å². The average molecular weight is 454 g/mol. The highest BCUT2D eigenvalue weighted by Gasteiger charge is 2.39. The van der Waals surface area contributed by atoms with E-state index in [-0.39, 0.29) is 6.42 Å². The molecule has 168 valence electrons. The van der Waals surface area contributed by atoms with Crippen LogP contribution < -0.4 is 5.32 Å². The van der Waals surface area contributed by atoms with Crippen molar-refractivity contribution in [2.24, 2.45) is 0 Å². The molecule has 0 radical (unpaired) electrons. The molecule has 0 aromatic carbocycles. The molecule has 0 aliphatic rings. The van der Waals surface area contributed by atoms with E-state index in [2.05, 4.69) is 51.1 Å². The van der Waals surface area contributed by atoms with E-state index in [1.54, 1.807) is 6.92 Å². The first-order chi connectivity index (χ1) is 12.7. The molecule has 2 unspecified atom stereocenters. The summed E-state index contributed by atoms with van der Waals surface area (Å²) >= 11 is 0. The smallest absolute Gasteiger partial charge is 0.407 e. The standard InChI is InChI=1S/C19H44FNO4Si3/c1-10-11-13-18(20)16-17(2)23-19(22)21-14-12-15-28(9,24-26(3,4)5)25-27(6,7)8/h17-18H,10-16H2,1-9H3,(H,21,22). The Morgan fingerprint density at radius 2 is 1.54 bits per heavy atom. The van der Waals surface area contributed by atoms with Crippen molar-refractivity contribution in [1.29, 1.82) is 0 Å². The van der Waals surface area contributed by atoms with Gasteiger partial charge in [-0.15, -0.1) is 0 Å². The summed E-state index contributed by atoms with van der Waals surface area (Å²) in [6, 6.07) is 0.834. The summed E-state index contributed by atoms with van der Waals surface area (Å²) < 4.78 is 31.9. The summed E-state index contributed by atoms with van der Waals surface area (Å²) in [6.45, 7) is 19.5. The normalized spacial score (nSPS) is 15.2. The molecule has 1 amide bonds. The van der Waals surface area contributed by atoms with Gasteiger partial charge in [0, 0.05) is 13.0 Å². The molecule has 0 rings (SSSR count). The lowest BCUT2D eigenvalue weighted by Gasteiger charge is -2.38. The summed E-state index contributed by atoms with van der Waals surface area (Å²) in [5, 5.41) is 2.78. The second kappa shape index (κ2) is 12.5. The lowest BCUT2D eigenvalue weighted by Crippen LogP contribution is -2.52. The monoisotopic (exact) mass is 453 g/mol. The van der Waals surface area contributed by atoms with Crippen molar-refractivity contribution in [3.05, 3.63) is 0 Å². The SMILES string of the molecule is CCCCC(F)CC(C)OC(=O)NCCC[Si](C)(O[Si](C)(C)C)O[Si](C)(C)C. The number of carbonyl (C=O) groups excluding carboxylic acids is 1. The van der Waals surface area contributed by atoms with Gasteiger partial charge < -0.3 is 18.3 Å². The second-order valence-corrected chi connectivity index (χ2v) is 22.6. The van der Waals surface area contributed by atoms with Gasteiger partial charge >= 0.3 is 14.7 Å². The minimum atomic E-state index is -2.28. The topological polar surface area (TPSA) is 56.8 Å². The van der Waals surface area contributed by atoms with Gasteiger partial charge in [-0.2, -0.15) is 0 Å². The minimum absolute atomic E-state index is 0.256. The number of alkyl halides is 1. The molecule has 0 spiro atoms. The van der Waals surface area contributed by atoms with E-state index in [4.69, 9.17) is 13.0 Å². The Kier molecular flexibility index (Phi) is 12.4. The van der Waals surface area contributed by atoms with Gasteiger partial charge in [0.15, 0.2) is 16.6 Å². The number of unbranched alkanes of at least 4 members (excludes halogenated alkanes) is 1. The molecule has 2 atom stereocenters. The average Bonchev–Trinajstić information content (AvgIpc) is 2.45. The van der Waals surface area contributed by atoms with Gasteiger partial charge in [0.1, 0.15) is 12.3 Å². The van der Waals surface area contributed by atoms with Gasteiger partial charge in [-0.05, 0) is 71.6 Å². The first-order valence-corrected chi connectivity index (χ1v) is 20.0. The Morgan fingerprint density at radius 3 is 2.00 bits per heavy atom. The maximum Gasteiger partial charge on any atom is 0.407 e. The zero-order valence-electron chi connectivity index (χ0n) is 19.6. The van der Waals surface area contributed by atoms with Crippen molar-refractivity contribution in [3.63, 3.8) is 0 Å². The van der Waals surface area contributed by atoms with Gasteiger partial charge in [0.25, 0.3) is 0 Å². The van der Waals surface area contributed by atoms with Crippen LogP contribution in [0.2, 0.25) is 51.9 Å². The van der Waals surface area contributed by atoms with E-state index in [9.17, 15) is 9.18 Å². The van der Waals surface area contributed by atoms with Crippen LogP contribution in [0.15, 0.2) is 0 Å². The van der Waals surface area contributed by atoms with E-state index in [1.807, 2.05) is 6.92 Å². The number of amides is 1. The summed E-state index contributed by atoms with van der Waals surface area (Å²) in [4.78, 5) is 11.9. The van der Waals surface area contributed by atoms with Gasteiger partial charge in [-0.25, -0.2) is 9.18 Å². The van der Waals surface area contributed by atoms with Crippen LogP contribution in [0.3, 0.4) is 0 Å². The summed E-state index contributed by atoms with van der Waals surface area (Å²) in [5.74, 6) is 0. The first-order valence-electron chi connectivity index (χ1n) is 10.6. The fourth-order valence-corrected chi connectivity index (χ4v) is 15.7. The zero-order valence-corrected chi connectivity index (χ0v) is 22.6. The molecular formula is C19H44FNO4Si3. The predicted molar refractivity (Wildman–Crippen MR) is 123 cm³/mol. The second-order valence-electron chi connectivity index (χ2n) is 9.78. The largest absolute Gasteiger partial charge is 0.446 e. The maximum atomic E-state index is 13.8. The van der Waals surface area contributed by atoms with Crippen molar-refractivity contribution in [1.82, 2.24) is 5.32 Å². The predicted octanol–water partition coefficient (Wildman–Crippen LogP) is 6.18. The molecule has 0 aliphatic carbocycles. The van der Waals surface area contributed by atoms with E-state index >= 15 is 0 Å². The van der Waals surface area contributed by atoms with Crippen LogP contribution in [-0.4, -0.2) is 50.1 Å². The molecule has 0 saturated heterocycles. The van der Waals surface area contributed by atoms with Crippen molar-refractivity contribution in [2.75, 3.05) is 6.54 Å². The fraction of sp³-hybridized carbons (Fsp3) is 0.947. The van der Waals surface area contributed by atoms with Crippen LogP contribution in [0.25, 0.3) is 0 Å². The fourth-order valence-electron chi connectivity index (χ4n) is 3.19. The van der Waals surface area contributed by atoms with E-state index in [0.29, 0.717) is 13.0 Å². The molecule has 28 heavy (non-hydrogen) atoms. The Labute approximate surface area is 175 Å². The summed E-state index contributed by atoms with van der Waals surface area (Å²) in [7, 11) is -5.70. The molecule has 0 aliphatic heterocycles. The maximum absolute atomic E-state index is 13.8. The highest BCUT2D eigenvalue weighted by Crippen LogP contribution is 2.25. The molecule has 0 bridgehead atoms. The lowest BCUT2D eigenvalue weighted by atomic mass is 10.1. The number of rotatable bonds is 14. The third-order valence-electron chi connectivity index (χ3n) is 3.89. The van der Waals surface area contributed by atoms with Crippen LogP contribution in [0, 0.1) is 0 Å². The van der Waals surface area contributed by atoms with E-state index in [0.717, 1.165) is 25.3 Å². The van der Waals surface area contributed by atoms with Crippen LogP contribution in [-0.2, 0) is 13.0 Å². The molecular weight excluding hydrogens is 409 g/mol. The number of halogens is 1. The quantitative estimate of drug-likeness (QED) is 0.252. The van der Waals surface area contributed by atoms with Gasteiger partial charge in [0.2, 0.25) is 0 Å². The summed E-state index contributed by atoms with van der Waals surface area (Å²) in [6.07, 6.45) is 1.60. The Morgan fingerprint density at radius 1 is 1.00 bits per heavy atom.